The summed E-state index contributed by atoms with van der Waals surface area (Å²) in [5.74, 6) is 0. The third-order valence-electron chi connectivity index (χ3n) is 3.39. The van der Waals surface area contributed by atoms with Crippen LogP contribution in [0.25, 0.3) is 0 Å². The summed E-state index contributed by atoms with van der Waals surface area (Å²) in [5, 5.41) is 9.22. The number of hydrogen-bond acceptors (Lipinski definition) is 3. The van der Waals surface area contributed by atoms with Gasteiger partial charge >= 0.3 is 0 Å². The zero-order valence-electron chi connectivity index (χ0n) is 8.15. The van der Waals surface area contributed by atoms with E-state index in [-0.39, 0.29) is 6.10 Å². The lowest BCUT2D eigenvalue weighted by Crippen LogP contribution is -2.59. The molecular formula is C10H20N2O. The summed E-state index contributed by atoms with van der Waals surface area (Å²) in [6, 6.07) is 0.890. The molecule has 3 nitrogen and oxygen atoms in total. The lowest BCUT2D eigenvalue weighted by Gasteiger charge is -2.43. The maximum Gasteiger partial charge on any atom is 0.0794 e. The van der Waals surface area contributed by atoms with Gasteiger partial charge in [-0.15, -0.1) is 0 Å². The van der Waals surface area contributed by atoms with Crippen LogP contribution in [0.15, 0.2) is 0 Å². The van der Waals surface area contributed by atoms with E-state index in [1.165, 1.54) is 25.7 Å². The summed E-state index contributed by atoms with van der Waals surface area (Å²) in [7, 11) is 0. The molecule has 2 aliphatic rings. The van der Waals surface area contributed by atoms with Crippen molar-refractivity contribution in [2.45, 2.75) is 50.3 Å². The molecule has 13 heavy (non-hydrogen) atoms. The summed E-state index contributed by atoms with van der Waals surface area (Å²) in [5.41, 5.74) is 6.11. The van der Waals surface area contributed by atoms with Gasteiger partial charge in [0.2, 0.25) is 0 Å². The molecular weight excluding hydrogens is 164 g/mol. The monoisotopic (exact) mass is 184 g/mol. The quantitative estimate of drug-likeness (QED) is 0.577. The first-order valence-electron chi connectivity index (χ1n) is 5.45. The Bertz CT molecular complexity index is 168. The average molecular weight is 184 g/mol. The molecule has 3 N–H and O–H groups in total. The number of β-amino-alcohol motifs (C(OH)–C–C–N with tert-alkyl or cyclic N) is 1. The molecule has 0 aromatic heterocycles. The van der Waals surface area contributed by atoms with E-state index in [0.717, 1.165) is 19.5 Å². The van der Waals surface area contributed by atoms with Crippen LogP contribution in [0.1, 0.15) is 32.1 Å². The summed E-state index contributed by atoms with van der Waals surface area (Å²) in [6.07, 6.45) is 6.24. The minimum atomic E-state index is -0.0875. The fourth-order valence-corrected chi connectivity index (χ4v) is 2.53. The van der Waals surface area contributed by atoms with Crippen LogP contribution in [0.2, 0.25) is 0 Å². The van der Waals surface area contributed by atoms with Crippen LogP contribution in [0.3, 0.4) is 0 Å². The topological polar surface area (TPSA) is 49.5 Å². The molecule has 1 aliphatic carbocycles. The van der Waals surface area contributed by atoms with E-state index in [1.54, 1.807) is 0 Å². The molecule has 0 amide bonds. The van der Waals surface area contributed by atoms with Crippen molar-refractivity contribution in [3.63, 3.8) is 0 Å². The van der Waals surface area contributed by atoms with Crippen molar-refractivity contribution in [3.8, 4) is 0 Å². The fraction of sp³-hybridized carbons (Fsp3) is 1.00. The number of nitrogens with two attached hydrogens (primary N) is 1. The molecule has 2 fully saturated rings. The molecule has 1 aliphatic heterocycles. The zero-order valence-corrected chi connectivity index (χ0v) is 8.15. The van der Waals surface area contributed by atoms with Gasteiger partial charge in [-0.2, -0.15) is 0 Å². The number of likely N-dealkylation sites (tertiary alicyclic amines) is 1. The third kappa shape index (κ3) is 2.03. The Morgan fingerprint density at radius 3 is 2.46 bits per heavy atom. The molecule has 2 atom stereocenters. The van der Waals surface area contributed by atoms with Gasteiger partial charge in [0.1, 0.15) is 0 Å². The van der Waals surface area contributed by atoms with Crippen LogP contribution >= 0.6 is 0 Å². The summed E-state index contributed by atoms with van der Waals surface area (Å²) in [4.78, 5) is 2.35. The second-order valence-electron chi connectivity index (χ2n) is 4.48. The van der Waals surface area contributed by atoms with Gasteiger partial charge in [0.05, 0.1) is 6.10 Å². The molecule has 0 spiro atoms. The standard InChI is InChI=1S/C10H20N2O/c11-9-4-2-1-3-5-10(9)12-6-8(13)7-12/h8-10,13H,1-7,11H2. The minimum Gasteiger partial charge on any atom is -0.390 e. The molecule has 1 heterocycles. The van der Waals surface area contributed by atoms with E-state index in [1.807, 2.05) is 0 Å². The summed E-state index contributed by atoms with van der Waals surface area (Å²) < 4.78 is 0. The lowest BCUT2D eigenvalue weighted by molar-refractivity contribution is -0.0322. The number of aliphatic hydroxyl groups excluding tert-OH is 1. The molecule has 0 bridgehead atoms. The largest absolute Gasteiger partial charge is 0.390 e. The van der Waals surface area contributed by atoms with Crippen LogP contribution in [0, 0.1) is 0 Å². The normalized spacial score (nSPS) is 38.3. The smallest absolute Gasteiger partial charge is 0.0794 e. The van der Waals surface area contributed by atoms with Gasteiger partial charge in [-0.3, -0.25) is 4.90 Å². The predicted octanol–water partition coefficient (Wildman–Crippen LogP) is 0.323. The first-order chi connectivity index (χ1) is 6.27. The first kappa shape index (κ1) is 9.44. The van der Waals surface area contributed by atoms with E-state index >= 15 is 0 Å². The predicted molar refractivity (Wildman–Crippen MR) is 52.4 cm³/mol. The SMILES string of the molecule is NC1CCCCCC1N1CC(O)C1. The Labute approximate surface area is 79.9 Å². The van der Waals surface area contributed by atoms with Crippen LogP contribution < -0.4 is 5.73 Å². The highest BCUT2D eigenvalue weighted by Gasteiger charge is 2.34. The third-order valence-corrected chi connectivity index (χ3v) is 3.39. The van der Waals surface area contributed by atoms with E-state index in [4.69, 9.17) is 5.73 Å². The Morgan fingerprint density at radius 1 is 1.08 bits per heavy atom. The summed E-state index contributed by atoms with van der Waals surface area (Å²) in [6.45, 7) is 1.69. The van der Waals surface area contributed by atoms with Gasteiger partial charge in [0, 0.05) is 25.2 Å². The Hall–Kier alpha value is -0.120. The fourth-order valence-electron chi connectivity index (χ4n) is 2.53. The number of nitrogens with zero attached hydrogens (tertiary/aromatic N) is 1. The van der Waals surface area contributed by atoms with Gasteiger partial charge in [-0.05, 0) is 12.8 Å². The van der Waals surface area contributed by atoms with Gasteiger partial charge in [-0.1, -0.05) is 19.3 Å². The van der Waals surface area contributed by atoms with Crippen molar-refractivity contribution in [1.29, 1.82) is 0 Å². The second-order valence-corrected chi connectivity index (χ2v) is 4.48. The van der Waals surface area contributed by atoms with E-state index in [0.29, 0.717) is 12.1 Å². The van der Waals surface area contributed by atoms with Crippen LogP contribution in [0.4, 0.5) is 0 Å². The zero-order chi connectivity index (χ0) is 9.26. The van der Waals surface area contributed by atoms with Crippen LogP contribution in [-0.4, -0.2) is 41.3 Å². The number of aliphatic hydroxyl groups is 1. The lowest BCUT2D eigenvalue weighted by atomic mass is 9.98. The summed E-state index contributed by atoms with van der Waals surface area (Å²) >= 11 is 0. The van der Waals surface area contributed by atoms with Gasteiger partial charge < -0.3 is 10.8 Å². The van der Waals surface area contributed by atoms with Crippen molar-refractivity contribution in [1.82, 2.24) is 4.90 Å². The first-order valence-corrected chi connectivity index (χ1v) is 5.45. The average Bonchev–Trinajstić information content (AvgIpc) is 2.25. The molecule has 2 unspecified atom stereocenters. The van der Waals surface area contributed by atoms with Crippen molar-refractivity contribution < 1.29 is 5.11 Å². The van der Waals surface area contributed by atoms with Crippen LogP contribution in [0.5, 0.6) is 0 Å². The van der Waals surface area contributed by atoms with E-state index in [9.17, 15) is 5.11 Å². The van der Waals surface area contributed by atoms with Crippen LogP contribution in [-0.2, 0) is 0 Å². The molecule has 0 aromatic carbocycles. The number of rotatable bonds is 1. The maximum atomic E-state index is 9.22. The Kier molecular flexibility index (Phi) is 2.86. The van der Waals surface area contributed by atoms with Gasteiger partial charge in [-0.25, -0.2) is 0 Å². The Balaban J connectivity index is 1.88. The molecule has 3 heteroatoms. The van der Waals surface area contributed by atoms with Gasteiger partial charge in [0.15, 0.2) is 0 Å². The van der Waals surface area contributed by atoms with E-state index < -0.39 is 0 Å². The Morgan fingerprint density at radius 2 is 1.77 bits per heavy atom. The highest BCUT2D eigenvalue weighted by atomic mass is 16.3. The van der Waals surface area contributed by atoms with E-state index in [2.05, 4.69) is 4.90 Å². The number of hydrogen-bond donors (Lipinski definition) is 2. The van der Waals surface area contributed by atoms with Crippen molar-refractivity contribution >= 4 is 0 Å². The molecule has 2 rings (SSSR count). The molecule has 76 valence electrons. The second kappa shape index (κ2) is 3.95. The molecule has 0 radical (unpaired) electrons. The van der Waals surface area contributed by atoms with Crippen molar-refractivity contribution in [3.05, 3.63) is 0 Å². The maximum absolute atomic E-state index is 9.22. The van der Waals surface area contributed by atoms with Crippen molar-refractivity contribution in [2.24, 2.45) is 5.73 Å². The molecule has 0 aromatic rings. The highest BCUT2D eigenvalue weighted by molar-refractivity contribution is 4.91. The molecule has 1 saturated heterocycles. The highest BCUT2D eigenvalue weighted by Crippen LogP contribution is 2.24. The van der Waals surface area contributed by atoms with Crippen molar-refractivity contribution in [2.75, 3.05) is 13.1 Å². The molecule has 1 saturated carbocycles. The van der Waals surface area contributed by atoms with Gasteiger partial charge in [0.25, 0.3) is 0 Å². The minimum absolute atomic E-state index is 0.0875.